The van der Waals surface area contributed by atoms with Gasteiger partial charge >= 0.3 is 6.18 Å². The standard InChI is InChI=1S/C15H21F3N2O/c1-19-7-9-20(10-8-19)6-5-14(21)12-3-2-4-13(11-12)15(16,17)18/h2-4,11,14,21H,5-10H2,1H3. The number of benzene rings is 1. The lowest BCUT2D eigenvalue weighted by Crippen LogP contribution is -2.44. The molecule has 1 N–H and O–H groups in total. The molecule has 1 heterocycles. The van der Waals surface area contributed by atoms with Crippen molar-refractivity contribution in [2.24, 2.45) is 0 Å². The van der Waals surface area contributed by atoms with Gasteiger partial charge in [-0.05, 0) is 31.2 Å². The number of alkyl halides is 3. The Kier molecular flexibility index (Phi) is 5.24. The van der Waals surface area contributed by atoms with E-state index < -0.39 is 17.8 Å². The smallest absolute Gasteiger partial charge is 0.388 e. The summed E-state index contributed by atoms with van der Waals surface area (Å²) in [6.45, 7) is 4.54. The summed E-state index contributed by atoms with van der Waals surface area (Å²) in [6, 6.07) is 4.95. The number of nitrogens with zero attached hydrogens (tertiary/aromatic N) is 2. The monoisotopic (exact) mass is 302 g/mol. The molecule has 1 aromatic carbocycles. The second-order valence-electron chi connectivity index (χ2n) is 5.57. The SMILES string of the molecule is CN1CCN(CCC(O)c2cccc(C(F)(F)F)c2)CC1. The van der Waals surface area contributed by atoms with Crippen LogP contribution in [0.1, 0.15) is 23.7 Å². The molecular formula is C15H21F3N2O. The zero-order chi connectivity index (χ0) is 15.5. The first-order valence-corrected chi connectivity index (χ1v) is 7.12. The van der Waals surface area contributed by atoms with Crippen LogP contribution >= 0.6 is 0 Å². The van der Waals surface area contributed by atoms with Crippen LogP contribution in [0.2, 0.25) is 0 Å². The van der Waals surface area contributed by atoms with Crippen molar-refractivity contribution in [1.29, 1.82) is 0 Å². The summed E-state index contributed by atoms with van der Waals surface area (Å²) in [5.74, 6) is 0. The summed E-state index contributed by atoms with van der Waals surface area (Å²) >= 11 is 0. The van der Waals surface area contributed by atoms with Gasteiger partial charge < -0.3 is 14.9 Å². The van der Waals surface area contributed by atoms with Crippen molar-refractivity contribution in [2.75, 3.05) is 39.8 Å². The lowest BCUT2D eigenvalue weighted by molar-refractivity contribution is -0.137. The van der Waals surface area contributed by atoms with Gasteiger partial charge in [0.1, 0.15) is 0 Å². The molecule has 0 amide bonds. The van der Waals surface area contributed by atoms with Crippen molar-refractivity contribution < 1.29 is 18.3 Å². The van der Waals surface area contributed by atoms with Gasteiger partial charge in [-0.25, -0.2) is 0 Å². The lowest BCUT2D eigenvalue weighted by atomic mass is 10.0. The largest absolute Gasteiger partial charge is 0.416 e. The van der Waals surface area contributed by atoms with Gasteiger partial charge in [0.15, 0.2) is 0 Å². The topological polar surface area (TPSA) is 26.7 Å². The maximum absolute atomic E-state index is 12.7. The van der Waals surface area contributed by atoms with Gasteiger partial charge in [-0.2, -0.15) is 13.2 Å². The van der Waals surface area contributed by atoms with Crippen LogP contribution in [0.3, 0.4) is 0 Å². The van der Waals surface area contributed by atoms with Gasteiger partial charge in [0, 0.05) is 32.7 Å². The lowest BCUT2D eigenvalue weighted by Gasteiger charge is -2.32. The predicted molar refractivity (Wildman–Crippen MR) is 75.0 cm³/mol. The Hall–Kier alpha value is -1.11. The Balaban J connectivity index is 1.90. The van der Waals surface area contributed by atoms with Gasteiger partial charge in [-0.1, -0.05) is 12.1 Å². The van der Waals surface area contributed by atoms with Gasteiger partial charge in [0.25, 0.3) is 0 Å². The number of aliphatic hydroxyl groups is 1. The maximum Gasteiger partial charge on any atom is 0.416 e. The summed E-state index contributed by atoms with van der Waals surface area (Å²) in [6.07, 6.45) is -4.77. The average molecular weight is 302 g/mol. The fourth-order valence-corrected chi connectivity index (χ4v) is 2.47. The van der Waals surface area contributed by atoms with Crippen molar-refractivity contribution in [3.8, 4) is 0 Å². The predicted octanol–water partition coefficient (Wildman–Crippen LogP) is 2.38. The van der Waals surface area contributed by atoms with Crippen LogP contribution in [0.25, 0.3) is 0 Å². The zero-order valence-electron chi connectivity index (χ0n) is 12.1. The first kappa shape index (κ1) is 16.3. The fourth-order valence-electron chi connectivity index (χ4n) is 2.47. The molecule has 1 saturated heterocycles. The van der Waals surface area contributed by atoms with Gasteiger partial charge in [-0.15, -0.1) is 0 Å². The molecule has 0 radical (unpaired) electrons. The third-order valence-electron chi connectivity index (χ3n) is 3.91. The van der Waals surface area contributed by atoms with E-state index in [0.29, 0.717) is 18.5 Å². The molecule has 1 aliphatic rings. The molecule has 0 saturated carbocycles. The Morgan fingerprint density at radius 1 is 1.19 bits per heavy atom. The van der Waals surface area contributed by atoms with Gasteiger partial charge in [0.2, 0.25) is 0 Å². The van der Waals surface area contributed by atoms with Crippen molar-refractivity contribution in [2.45, 2.75) is 18.7 Å². The molecule has 1 aliphatic heterocycles. The number of aliphatic hydroxyl groups excluding tert-OH is 1. The second kappa shape index (κ2) is 6.77. The molecule has 0 aliphatic carbocycles. The summed E-state index contributed by atoms with van der Waals surface area (Å²) in [7, 11) is 2.06. The minimum atomic E-state index is -4.37. The Labute approximate surface area is 123 Å². The molecule has 118 valence electrons. The highest BCUT2D eigenvalue weighted by Crippen LogP contribution is 2.31. The fraction of sp³-hybridized carbons (Fsp3) is 0.600. The Morgan fingerprint density at radius 2 is 1.86 bits per heavy atom. The van der Waals surface area contributed by atoms with Crippen LogP contribution in [0.15, 0.2) is 24.3 Å². The van der Waals surface area contributed by atoms with Crippen molar-refractivity contribution >= 4 is 0 Å². The van der Waals surface area contributed by atoms with Crippen LogP contribution in [0.4, 0.5) is 13.2 Å². The number of hydrogen-bond acceptors (Lipinski definition) is 3. The first-order chi connectivity index (χ1) is 9.86. The van der Waals surface area contributed by atoms with Crippen LogP contribution in [-0.4, -0.2) is 54.7 Å². The molecule has 1 unspecified atom stereocenters. The minimum absolute atomic E-state index is 0.332. The molecule has 21 heavy (non-hydrogen) atoms. The molecule has 0 aromatic heterocycles. The summed E-state index contributed by atoms with van der Waals surface area (Å²) in [5, 5.41) is 10.1. The van der Waals surface area contributed by atoms with E-state index >= 15 is 0 Å². The number of rotatable bonds is 4. The van der Waals surface area contributed by atoms with E-state index in [2.05, 4.69) is 16.8 Å². The molecule has 0 bridgehead atoms. The molecule has 1 aromatic rings. The number of likely N-dealkylation sites (N-methyl/N-ethyl adjacent to an activating group) is 1. The number of halogens is 3. The van der Waals surface area contributed by atoms with Crippen LogP contribution < -0.4 is 0 Å². The van der Waals surface area contributed by atoms with E-state index in [0.717, 1.165) is 38.3 Å². The third kappa shape index (κ3) is 4.69. The van der Waals surface area contributed by atoms with E-state index in [4.69, 9.17) is 0 Å². The maximum atomic E-state index is 12.7. The molecule has 6 heteroatoms. The van der Waals surface area contributed by atoms with Crippen molar-refractivity contribution in [1.82, 2.24) is 9.80 Å². The summed E-state index contributed by atoms with van der Waals surface area (Å²) in [4.78, 5) is 4.47. The van der Waals surface area contributed by atoms with Crippen LogP contribution in [0.5, 0.6) is 0 Å². The summed E-state index contributed by atoms with van der Waals surface area (Å²) < 4.78 is 38.0. The quantitative estimate of drug-likeness (QED) is 0.925. The van der Waals surface area contributed by atoms with Gasteiger partial charge in [-0.3, -0.25) is 0 Å². The van der Waals surface area contributed by atoms with E-state index in [1.54, 1.807) is 6.07 Å². The highest BCUT2D eigenvalue weighted by atomic mass is 19.4. The number of piperazine rings is 1. The van der Waals surface area contributed by atoms with Crippen molar-refractivity contribution in [3.63, 3.8) is 0 Å². The highest BCUT2D eigenvalue weighted by Gasteiger charge is 2.30. The van der Waals surface area contributed by atoms with E-state index in [1.165, 1.54) is 6.07 Å². The zero-order valence-corrected chi connectivity index (χ0v) is 12.1. The van der Waals surface area contributed by atoms with E-state index in [1.807, 2.05) is 0 Å². The van der Waals surface area contributed by atoms with Crippen LogP contribution in [-0.2, 0) is 6.18 Å². The van der Waals surface area contributed by atoms with E-state index in [-0.39, 0.29) is 0 Å². The summed E-state index contributed by atoms with van der Waals surface area (Å²) in [5.41, 5.74) is -0.377. The Bertz CT molecular complexity index is 456. The molecule has 2 rings (SSSR count). The van der Waals surface area contributed by atoms with Crippen LogP contribution in [0, 0.1) is 0 Å². The second-order valence-corrected chi connectivity index (χ2v) is 5.57. The minimum Gasteiger partial charge on any atom is -0.388 e. The normalized spacial score (nSPS) is 19.7. The van der Waals surface area contributed by atoms with Gasteiger partial charge in [0.05, 0.1) is 11.7 Å². The molecular weight excluding hydrogens is 281 g/mol. The van der Waals surface area contributed by atoms with E-state index in [9.17, 15) is 18.3 Å². The number of hydrogen-bond donors (Lipinski definition) is 1. The highest BCUT2D eigenvalue weighted by molar-refractivity contribution is 5.27. The molecule has 0 spiro atoms. The first-order valence-electron chi connectivity index (χ1n) is 7.12. The third-order valence-corrected chi connectivity index (χ3v) is 3.91. The van der Waals surface area contributed by atoms with Crippen molar-refractivity contribution in [3.05, 3.63) is 35.4 Å². The average Bonchev–Trinajstić information content (AvgIpc) is 2.45. The molecule has 3 nitrogen and oxygen atoms in total. The molecule has 1 fully saturated rings. The Morgan fingerprint density at radius 3 is 2.48 bits per heavy atom. The molecule has 1 atom stereocenters.